The number of aliphatic carboxylic acids is 3. The molecule has 0 saturated heterocycles. The normalized spacial score (nSPS) is 14.1. The number of rotatable bonds is 44. The van der Waals surface area contributed by atoms with Crippen LogP contribution in [-0.2, 0) is 14.4 Å². The van der Waals surface area contributed by atoms with E-state index in [1.807, 2.05) is 12.5 Å². The molecule has 0 saturated carbocycles. The molecule has 0 aliphatic rings. The first-order valence-electron chi connectivity index (χ1n) is 26.6. The number of unbranched alkanes of at least 4 members (excludes halogenated alkanes) is 22. The lowest BCUT2D eigenvalue weighted by molar-refractivity contribution is -0.192. The van der Waals surface area contributed by atoms with Gasteiger partial charge in [-0.3, -0.25) is 9.59 Å². The van der Waals surface area contributed by atoms with Crippen LogP contribution in [0, 0.1) is 10.8 Å². The summed E-state index contributed by atoms with van der Waals surface area (Å²) in [5.74, 6) is -3.85. The molecule has 1 rings (SSSR count). The van der Waals surface area contributed by atoms with Gasteiger partial charge in [-0.2, -0.15) is 13.2 Å². The van der Waals surface area contributed by atoms with Crippen LogP contribution in [-0.4, -0.2) is 73.5 Å². The summed E-state index contributed by atoms with van der Waals surface area (Å²) in [6.45, 7) is 14.5. The number of carboxylic acids is 3. The molecule has 0 bridgehead atoms. The topological polar surface area (TPSA) is 133 Å². The molecule has 0 aliphatic carbocycles. The van der Waals surface area contributed by atoms with Crippen molar-refractivity contribution in [2.45, 2.75) is 272 Å². The van der Waals surface area contributed by atoms with Crippen LogP contribution < -0.4 is 0 Å². The van der Waals surface area contributed by atoms with Gasteiger partial charge in [-0.05, 0) is 77.8 Å². The number of carbonyl (C=O) groups is 3. The molecule has 0 fully saturated rings. The number of hydrogen-bond donors (Lipinski definition) is 3. The van der Waals surface area contributed by atoms with Gasteiger partial charge in [0, 0.05) is 25.0 Å². The van der Waals surface area contributed by atoms with E-state index in [9.17, 15) is 33.0 Å². The summed E-state index contributed by atoms with van der Waals surface area (Å²) in [4.78, 5) is 41.5. The Morgan fingerprint density at radius 2 is 0.785 bits per heavy atom. The second kappa shape index (κ2) is 39.4. The Kier molecular flexibility index (Phi) is 37.8. The Morgan fingerprint density at radius 1 is 0.492 bits per heavy atom. The third-order valence-electron chi connectivity index (χ3n) is 13.8. The highest BCUT2D eigenvalue weighted by molar-refractivity contribution is 5.75. The number of aromatic nitrogens is 2. The Hall–Kier alpha value is -2.63. The highest BCUT2D eigenvalue weighted by Gasteiger charge is 2.39. The lowest BCUT2D eigenvalue weighted by Crippen LogP contribution is -2.31. The van der Waals surface area contributed by atoms with Crippen molar-refractivity contribution in [3.63, 3.8) is 0 Å². The second-order valence-corrected chi connectivity index (χ2v) is 19.4. The fraction of sp³-hybridized carbons (Fsp3) is 0.887. The van der Waals surface area contributed by atoms with Crippen molar-refractivity contribution in [1.29, 1.82) is 0 Å². The summed E-state index contributed by atoms with van der Waals surface area (Å²) in [6.07, 6.45) is 39.5. The quantitative estimate of drug-likeness (QED) is 0.0551. The Labute approximate surface area is 394 Å². The van der Waals surface area contributed by atoms with E-state index in [0.29, 0.717) is 6.04 Å². The van der Waals surface area contributed by atoms with E-state index in [0.717, 1.165) is 154 Å². The molecule has 3 N–H and O–H groups in total. The van der Waals surface area contributed by atoms with Gasteiger partial charge in [0.05, 0.1) is 17.2 Å². The lowest BCUT2D eigenvalue weighted by atomic mass is 9.74. The molecular weight excluding hydrogens is 832 g/mol. The third kappa shape index (κ3) is 31.1. The summed E-state index contributed by atoms with van der Waals surface area (Å²) in [7, 11) is 0. The molecule has 65 heavy (non-hydrogen) atoms. The number of halogens is 3. The van der Waals surface area contributed by atoms with Crippen molar-refractivity contribution in [1.82, 2.24) is 14.5 Å². The molecule has 0 spiro atoms. The average Bonchev–Trinajstić information content (AvgIpc) is 3.82. The minimum absolute atomic E-state index is 0.409. The number of nitrogens with zero attached hydrogens (tertiary/aromatic N) is 3. The summed E-state index contributed by atoms with van der Waals surface area (Å²) in [5.41, 5.74) is -1.08. The van der Waals surface area contributed by atoms with E-state index in [4.69, 9.17) is 9.90 Å². The van der Waals surface area contributed by atoms with Gasteiger partial charge in [0.1, 0.15) is 0 Å². The zero-order valence-corrected chi connectivity index (χ0v) is 42.2. The minimum Gasteiger partial charge on any atom is -0.481 e. The molecule has 3 atom stereocenters. The van der Waals surface area contributed by atoms with Gasteiger partial charge in [-0.1, -0.05) is 195 Å². The van der Waals surface area contributed by atoms with Crippen molar-refractivity contribution in [2.24, 2.45) is 10.8 Å². The van der Waals surface area contributed by atoms with Gasteiger partial charge in [0.2, 0.25) is 0 Å². The van der Waals surface area contributed by atoms with Gasteiger partial charge in [-0.25, -0.2) is 9.78 Å². The molecule has 0 aromatic carbocycles. The van der Waals surface area contributed by atoms with E-state index < -0.39 is 34.9 Å². The first-order valence-corrected chi connectivity index (χ1v) is 26.6. The average molecular weight is 930 g/mol. The number of carboxylic acid groups (broad SMARTS) is 3. The molecule has 1 aromatic heterocycles. The van der Waals surface area contributed by atoms with E-state index >= 15 is 0 Å². The molecule has 9 nitrogen and oxygen atoms in total. The highest BCUT2D eigenvalue weighted by atomic mass is 19.4. The molecule has 3 unspecified atom stereocenters. The van der Waals surface area contributed by atoms with Gasteiger partial charge >= 0.3 is 24.1 Å². The van der Waals surface area contributed by atoms with Crippen LogP contribution in [0.3, 0.4) is 0 Å². The predicted molar refractivity (Wildman–Crippen MR) is 261 cm³/mol. The molecule has 0 aliphatic heterocycles. The Morgan fingerprint density at radius 3 is 1.06 bits per heavy atom. The third-order valence-corrected chi connectivity index (χ3v) is 13.8. The second-order valence-electron chi connectivity index (χ2n) is 19.4. The maximum atomic E-state index is 12.8. The number of alkyl halides is 3. The van der Waals surface area contributed by atoms with Crippen LogP contribution >= 0.6 is 0 Å². The minimum atomic E-state index is -5.08. The zero-order chi connectivity index (χ0) is 48.7. The Bertz CT molecular complexity index is 1220. The molecule has 1 aromatic rings. The van der Waals surface area contributed by atoms with E-state index in [-0.39, 0.29) is 0 Å². The SMILES string of the molecule is CCCCCCCCC(CCCCCC)(CCCCCCN(CCCCCCC(CCCCCC)(CCCCCCCC)C(=O)O)CCC(C)n1ccnc1)C(=O)O.O=C(O)C(F)(F)F. The van der Waals surface area contributed by atoms with Crippen LogP contribution in [0.25, 0.3) is 0 Å². The van der Waals surface area contributed by atoms with Crippen LogP contribution in [0.2, 0.25) is 0 Å². The molecule has 0 amide bonds. The van der Waals surface area contributed by atoms with E-state index in [2.05, 4.69) is 55.3 Å². The van der Waals surface area contributed by atoms with Crippen molar-refractivity contribution in [3.05, 3.63) is 18.7 Å². The van der Waals surface area contributed by atoms with Gasteiger partial charge in [0.25, 0.3) is 0 Å². The zero-order valence-electron chi connectivity index (χ0n) is 42.2. The molecule has 382 valence electrons. The monoisotopic (exact) mass is 930 g/mol. The van der Waals surface area contributed by atoms with Crippen molar-refractivity contribution >= 4 is 17.9 Å². The standard InChI is InChI=1S/C51H97N3O4.C2HF3O2/c1-6-10-14-18-20-28-37-50(48(55)56,35-26-16-12-8-3)39-30-22-24-32-42-53(44-34-47(5)54-45-41-52-46-54)43-33-25-23-31-40-51(49(57)58,36-27-17-13-9-4)38-29-21-19-15-11-7-2;3-2(4,5)1(6)7/h41,45-47H,6-40,42-44H2,1-5H3,(H,55,56)(H,57,58);(H,6,7). The predicted octanol–water partition coefficient (Wildman–Crippen LogP) is 16.3. The number of hydrogen-bond acceptors (Lipinski definition) is 5. The summed E-state index contributed by atoms with van der Waals surface area (Å²) < 4.78 is 33.9. The van der Waals surface area contributed by atoms with Crippen molar-refractivity contribution in [3.8, 4) is 0 Å². The van der Waals surface area contributed by atoms with Crippen molar-refractivity contribution in [2.75, 3.05) is 19.6 Å². The van der Waals surface area contributed by atoms with Gasteiger partial charge < -0.3 is 24.8 Å². The smallest absolute Gasteiger partial charge is 0.481 e. The molecular formula is C53H98F3N3O6. The van der Waals surface area contributed by atoms with E-state index in [1.54, 1.807) is 0 Å². The largest absolute Gasteiger partial charge is 0.490 e. The van der Waals surface area contributed by atoms with Crippen LogP contribution in [0.4, 0.5) is 13.2 Å². The molecule has 1 heterocycles. The fourth-order valence-electron chi connectivity index (χ4n) is 9.35. The van der Waals surface area contributed by atoms with E-state index in [1.165, 1.54) is 89.9 Å². The lowest BCUT2D eigenvalue weighted by Gasteiger charge is -2.30. The van der Waals surface area contributed by atoms with Crippen molar-refractivity contribution < 1.29 is 42.9 Å². The van der Waals surface area contributed by atoms with Gasteiger partial charge in [-0.15, -0.1) is 0 Å². The first kappa shape index (κ1) is 62.4. The Balaban J connectivity index is 0.00000537. The summed E-state index contributed by atoms with van der Waals surface area (Å²) in [5, 5.41) is 28.2. The maximum Gasteiger partial charge on any atom is 0.490 e. The highest BCUT2D eigenvalue weighted by Crippen LogP contribution is 2.39. The fourth-order valence-corrected chi connectivity index (χ4v) is 9.35. The summed E-state index contributed by atoms with van der Waals surface area (Å²) in [6, 6.07) is 0.409. The summed E-state index contributed by atoms with van der Waals surface area (Å²) >= 11 is 0. The molecule has 12 heteroatoms. The first-order chi connectivity index (χ1) is 31.1. The van der Waals surface area contributed by atoms with Gasteiger partial charge in [0.15, 0.2) is 0 Å². The van der Waals surface area contributed by atoms with Crippen LogP contribution in [0.1, 0.15) is 265 Å². The number of imidazole rings is 1. The van der Waals surface area contributed by atoms with Crippen LogP contribution in [0.5, 0.6) is 0 Å². The van der Waals surface area contributed by atoms with Crippen LogP contribution in [0.15, 0.2) is 18.7 Å². The maximum absolute atomic E-state index is 12.8. The molecule has 0 radical (unpaired) electrons.